The Balaban J connectivity index is 1.41. The standard InChI is InChI=1S/C26H24N2O4S/c1-28-11-10-23-21(6-3-7-24(23)28)19-5-2-4-17(13-19)12-18-8-9-22(25(29)14-18)20-15-26(30)27-33(31,32)16-20/h2-11,13-14,20,29H,12,15-16H2,1H3,(H,27,30). The third kappa shape index (κ3) is 4.24. The first-order chi connectivity index (χ1) is 15.8. The van der Waals surface area contributed by atoms with E-state index in [1.165, 1.54) is 16.5 Å². The number of aromatic hydroxyl groups is 1. The van der Waals surface area contributed by atoms with Crippen LogP contribution in [0.4, 0.5) is 0 Å². The molecule has 2 N–H and O–H groups in total. The summed E-state index contributed by atoms with van der Waals surface area (Å²) in [6.45, 7) is 0. The molecule has 0 radical (unpaired) electrons. The molecule has 0 aliphatic carbocycles. The Morgan fingerprint density at radius 3 is 2.61 bits per heavy atom. The van der Waals surface area contributed by atoms with E-state index in [4.69, 9.17) is 0 Å². The average Bonchev–Trinajstić information content (AvgIpc) is 3.14. The van der Waals surface area contributed by atoms with Crippen LogP contribution in [0.5, 0.6) is 5.75 Å². The molecule has 3 aromatic carbocycles. The van der Waals surface area contributed by atoms with Crippen LogP contribution in [-0.2, 0) is 28.3 Å². The van der Waals surface area contributed by atoms with Crippen molar-refractivity contribution < 1.29 is 18.3 Å². The van der Waals surface area contributed by atoms with E-state index >= 15 is 0 Å². The minimum atomic E-state index is -3.66. The second-order valence-electron chi connectivity index (χ2n) is 8.64. The molecule has 0 spiro atoms. The van der Waals surface area contributed by atoms with Crippen molar-refractivity contribution in [3.63, 3.8) is 0 Å². The van der Waals surface area contributed by atoms with Crippen molar-refractivity contribution >= 4 is 26.8 Å². The van der Waals surface area contributed by atoms with Crippen molar-refractivity contribution in [1.82, 2.24) is 9.29 Å². The van der Waals surface area contributed by atoms with Crippen molar-refractivity contribution in [3.05, 3.63) is 89.6 Å². The summed E-state index contributed by atoms with van der Waals surface area (Å²) in [6, 6.07) is 22.0. The SMILES string of the molecule is Cn1ccc2c(-c3cccc(Cc4ccc(C5CC(=O)NS(=O)(=O)C5)c(O)c4)c3)cccc21. The largest absolute Gasteiger partial charge is 0.508 e. The number of benzene rings is 3. The third-order valence-corrected chi connectivity index (χ3v) is 7.61. The summed E-state index contributed by atoms with van der Waals surface area (Å²) in [7, 11) is -1.63. The molecule has 7 heteroatoms. The van der Waals surface area contributed by atoms with E-state index in [1.807, 2.05) is 23.9 Å². The Morgan fingerprint density at radius 2 is 1.82 bits per heavy atom. The van der Waals surface area contributed by atoms with E-state index in [-0.39, 0.29) is 17.9 Å². The molecule has 1 fully saturated rings. The van der Waals surface area contributed by atoms with Gasteiger partial charge in [-0.2, -0.15) is 0 Å². The predicted molar refractivity (Wildman–Crippen MR) is 129 cm³/mol. The minimum absolute atomic E-state index is 0.0209. The molecule has 1 atom stereocenters. The lowest BCUT2D eigenvalue weighted by Gasteiger charge is -2.23. The molecule has 0 bridgehead atoms. The van der Waals surface area contributed by atoms with Gasteiger partial charge in [0.2, 0.25) is 15.9 Å². The highest BCUT2D eigenvalue weighted by molar-refractivity contribution is 7.90. The number of sulfonamides is 1. The van der Waals surface area contributed by atoms with Gasteiger partial charge in [-0.05, 0) is 52.4 Å². The van der Waals surface area contributed by atoms with E-state index in [1.54, 1.807) is 12.1 Å². The molecular weight excluding hydrogens is 436 g/mol. The first kappa shape index (κ1) is 21.3. The fourth-order valence-corrected chi connectivity index (χ4v) is 6.03. The molecular formula is C26H24N2O4S. The summed E-state index contributed by atoms with van der Waals surface area (Å²) in [6.07, 6.45) is 2.72. The van der Waals surface area contributed by atoms with Gasteiger partial charge in [-0.1, -0.05) is 48.5 Å². The monoisotopic (exact) mass is 460 g/mol. The number of phenols is 1. The highest BCUT2D eigenvalue weighted by atomic mass is 32.2. The van der Waals surface area contributed by atoms with Gasteiger partial charge in [-0.3, -0.25) is 9.52 Å². The van der Waals surface area contributed by atoms with Crippen LogP contribution in [0.25, 0.3) is 22.0 Å². The normalized spacial score (nSPS) is 17.7. The Labute approximate surface area is 192 Å². The van der Waals surface area contributed by atoms with Crippen molar-refractivity contribution in [2.24, 2.45) is 7.05 Å². The lowest BCUT2D eigenvalue weighted by atomic mass is 9.93. The number of carbonyl (C=O) groups is 1. The van der Waals surface area contributed by atoms with Crippen LogP contribution in [0, 0.1) is 0 Å². The van der Waals surface area contributed by atoms with Gasteiger partial charge >= 0.3 is 0 Å². The second-order valence-corrected chi connectivity index (χ2v) is 10.4. The summed E-state index contributed by atoms with van der Waals surface area (Å²) in [4.78, 5) is 11.7. The summed E-state index contributed by atoms with van der Waals surface area (Å²) in [5.41, 5.74) is 5.98. The third-order valence-electron chi connectivity index (χ3n) is 6.23. The van der Waals surface area contributed by atoms with E-state index < -0.39 is 21.8 Å². The molecule has 4 aromatic rings. The van der Waals surface area contributed by atoms with E-state index in [0.29, 0.717) is 12.0 Å². The zero-order valence-electron chi connectivity index (χ0n) is 18.2. The van der Waals surface area contributed by atoms with Crippen LogP contribution in [0.2, 0.25) is 0 Å². The Morgan fingerprint density at radius 1 is 1.03 bits per heavy atom. The highest BCUT2D eigenvalue weighted by Crippen LogP contribution is 2.33. The summed E-state index contributed by atoms with van der Waals surface area (Å²) in [5.74, 6) is -1.28. The molecule has 168 valence electrons. The maximum absolute atomic E-state index is 11.9. The number of nitrogens with zero attached hydrogens (tertiary/aromatic N) is 1. The van der Waals surface area contributed by atoms with Gasteiger partial charge in [-0.15, -0.1) is 0 Å². The number of carbonyl (C=O) groups excluding carboxylic acids is 1. The van der Waals surface area contributed by atoms with Gasteiger partial charge in [0.15, 0.2) is 0 Å². The molecule has 1 aliphatic rings. The molecule has 1 amide bonds. The van der Waals surface area contributed by atoms with Crippen LogP contribution in [0.3, 0.4) is 0 Å². The number of hydrogen-bond donors (Lipinski definition) is 2. The number of aryl methyl sites for hydroxylation is 1. The van der Waals surface area contributed by atoms with Crippen molar-refractivity contribution in [1.29, 1.82) is 0 Å². The predicted octanol–water partition coefficient (Wildman–Crippen LogP) is 4.08. The molecule has 1 unspecified atom stereocenters. The maximum atomic E-state index is 11.9. The molecule has 1 aromatic heterocycles. The average molecular weight is 461 g/mol. The van der Waals surface area contributed by atoms with Crippen LogP contribution >= 0.6 is 0 Å². The Hall–Kier alpha value is -3.58. The van der Waals surface area contributed by atoms with Crippen LogP contribution < -0.4 is 4.72 Å². The van der Waals surface area contributed by atoms with Gasteiger partial charge in [0.1, 0.15) is 5.75 Å². The van der Waals surface area contributed by atoms with Gasteiger partial charge in [0.25, 0.3) is 0 Å². The summed E-state index contributed by atoms with van der Waals surface area (Å²) < 4.78 is 27.9. The van der Waals surface area contributed by atoms with Gasteiger partial charge in [0, 0.05) is 36.5 Å². The minimum Gasteiger partial charge on any atom is -0.508 e. The van der Waals surface area contributed by atoms with Gasteiger partial charge in [0.05, 0.1) is 5.75 Å². The topological polar surface area (TPSA) is 88.4 Å². The van der Waals surface area contributed by atoms with E-state index in [0.717, 1.165) is 16.7 Å². The number of aromatic nitrogens is 1. The van der Waals surface area contributed by atoms with Crippen molar-refractivity contribution in [2.75, 3.05) is 5.75 Å². The lowest BCUT2D eigenvalue weighted by Crippen LogP contribution is -2.40. The smallest absolute Gasteiger partial charge is 0.235 e. The number of nitrogens with one attached hydrogen (secondary N) is 1. The van der Waals surface area contributed by atoms with Gasteiger partial charge < -0.3 is 9.67 Å². The zero-order valence-corrected chi connectivity index (χ0v) is 19.0. The highest BCUT2D eigenvalue weighted by Gasteiger charge is 2.32. The maximum Gasteiger partial charge on any atom is 0.235 e. The first-order valence-corrected chi connectivity index (χ1v) is 12.4. The van der Waals surface area contributed by atoms with E-state index in [2.05, 4.69) is 53.2 Å². The number of phenolic OH excluding ortho intramolecular Hbond substituents is 1. The van der Waals surface area contributed by atoms with Crippen molar-refractivity contribution in [2.45, 2.75) is 18.8 Å². The quantitative estimate of drug-likeness (QED) is 0.480. The van der Waals surface area contributed by atoms with E-state index in [9.17, 15) is 18.3 Å². The number of fused-ring (bicyclic) bond motifs is 1. The zero-order chi connectivity index (χ0) is 23.2. The summed E-state index contributed by atoms with van der Waals surface area (Å²) >= 11 is 0. The fourth-order valence-electron chi connectivity index (χ4n) is 4.69. The van der Waals surface area contributed by atoms with Gasteiger partial charge in [-0.25, -0.2) is 8.42 Å². The number of hydrogen-bond acceptors (Lipinski definition) is 4. The molecule has 6 nitrogen and oxygen atoms in total. The number of amides is 1. The molecule has 0 saturated carbocycles. The molecule has 1 saturated heterocycles. The van der Waals surface area contributed by atoms with Crippen LogP contribution in [-0.4, -0.2) is 29.8 Å². The van der Waals surface area contributed by atoms with Crippen molar-refractivity contribution in [3.8, 4) is 16.9 Å². The number of rotatable bonds is 4. The summed E-state index contributed by atoms with van der Waals surface area (Å²) in [5, 5.41) is 11.8. The fraction of sp³-hybridized carbons (Fsp3) is 0.192. The Bertz CT molecular complexity index is 1490. The molecule has 2 heterocycles. The van der Waals surface area contributed by atoms with Crippen LogP contribution in [0.15, 0.2) is 72.9 Å². The van der Waals surface area contributed by atoms with Crippen LogP contribution in [0.1, 0.15) is 29.0 Å². The lowest BCUT2D eigenvalue weighted by molar-refractivity contribution is -0.119. The molecule has 5 rings (SSSR count). The first-order valence-electron chi connectivity index (χ1n) is 10.8. The second kappa shape index (κ2) is 8.08. The molecule has 33 heavy (non-hydrogen) atoms. The Kier molecular flexibility index (Phi) is 5.21. The molecule has 1 aliphatic heterocycles.